The normalized spacial score (nSPS) is 11.2. The molecule has 2 heterocycles. The number of para-hydroxylation sites is 1. The lowest BCUT2D eigenvalue weighted by molar-refractivity contribution is 0.321. The van der Waals surface area contributed by atoms with Crippen LogP contribution in [0, 0.1) is 6.92 Å². The molecule has 1 aromatic carbocycles. The van der Waals surface area contributed by atoms with Gasteiger partial charge in [0.15, 0.2) is 0 Å². The van der Waals surface area contributed by atoms with Gasteiger partial charge in [0, 0.05) is 29.7 Å². The van der Waals surface area contributed by atoms with Gasteiger partial charge in [-0.2, -0.15) is 5.10 Å². The number of thiophene rings is 1. The van der Waals surface area contributed by atoms with E-state index in [0.29, 0.717) is 0 Å². The smallest absolute Gasteiger partial charge is 0.0645 e. The average molecular weight is 297 g/mol. The summed E-state index contributed by atoms with van der Waals surface area (Å²) in [6.45, 7) is 4.07. The molecular weight excluding hydrogens is 278 g/mol. The van der Waals surface area contributed by atoms with E-state index in [1.807, 2.05) is 40.4 Å². The van der Waals surface area contributed by atoms with Crippen LogP contribution in [0.2, 0.25) is 0 Å². The summed E-state index contributed by atoms with van der Waals surface area (Å²) in [5.41, 5.74) is 3.71. The second kappa shape index (κ2) is 6.24. The number of benzene rings is 1. The van der Waals surface area contributed by atoms with Crippen LogP contribution >= 0.6 is 11.3 Å². The summed E-state index contributed by atoms with van der Waals surface area (Å²) in [5, 5.41) is 6.61. The van der Waals surface area contributed by atoms with Crippen LogP contribution < -0.4 is 0 Å². The first-order chi connectivity index (χ1) is 10.2. The van der Waals surface area contributed by atoms with Gasteiger partial charge >= 0.3 is 0 Å². The van der Waals surface area contributed by atoms with Crippen molar-refractivity contribution in [3.05, 3.63) is 70.2 Å². The van der Waals surface area contributed by atoms with Gasteiger partial charge in [0.1, 0.15) is 0 Å². The zero-order valence-corrected chi connectivity index (χ0v) is 13.2. The number of aryl methyl sites for hydroxylation is 1. The Morgan fingerprint density at radius 3 is 2.67 bits per heavy atom. The molecule has 0 aliphatic carbocycles. The van der Waals surface area contributed by atoms with Gasteiger partial charge in [-0.25, -0.2) is 4.68 Å². The SMILES string of the molecule is Cc1ccsc1CN(C)Cc1cnn(-c2ccccc2)c1. The minimum atomic E-state index is 0.907. The molecular formula is C17H19N3S. The van der Waals surface area contributed by atoms with Crippen molar-refractivity contribution < 1.29 is 0 Å². The fraction of sp³-hybridized carbons (Fsp3) is 0.235. The number of nitrogens with zero attached hydrogens (tertiary/aromatic N) is 3. The van der Waals surface area contributed by atoms with Crippen LogP contribution in [0.25, 0.3) is 5.69 Å². The van der Waals surface area contributed by atoms with Gasteiger partial charge in [0.05, 0.1) is 11.9 Å². The van der Waals surface area contributed by atoms with E-state index in [2.05, 4.69) is 53.7 Å². The number of rotatable bonds is 5. The molecule has 0 N–H and O–H groups in total. The topological polar surface area (TPSA) is 21.1 Å². The number of aromatic nitrogens is 2. The van der Waals surface area contributed by atoms with Crippen molar-refractivity contribution in [3.63, 3.8) is 0 Å². The lowest BCUT2D eigenvalue weighted by Crippen LogP contribution is -2.16. The molecule has 3 rings (SSSR count). The summed E-state index contributed by atoms with van der Waals surface area (Å²) in [6, 6.07) is 12.4. The van der Waals surface area contributed by atoms with E-state index in [-0.39, 0.29) is 0 Å². The third-order valence-electron chi connectivity index (χ3n) is 3.49. The van der Waals surface area contributed by atoms with Gasteiger partial charge in [0.25, 0.3) is 0 Å². The predicted octanol–water partition coefficient (Wildman–Crippen LogP) is 3.87. The number of hydrogen-bond donors (Lipinski definition) is 0. The van der Waals surface area contributed by atoms with Gasteiger partial charge in [0.2, 0.25) is 0 Å². The Balaban J connectivity index is 1.66. The van der Waals surface area contributed by atoms with Crippen LogP contribution in [0.4, 0.5) is 0 Å². The van der Waals surface area contributed by atoms with Crippen LogP contribution in [0.3, 0.4) is 0 Å². The molecule has 0 fully saturated rings. The van der Waals surface area contributed by atoms with Crippen molar-refractivity contribution in [3.8, 4) is 5.69 Å². The maximum atomic E-state index is 4.45. The Morgan fingerprint density at radius 2 is 1.95 bits per heavy atom. The summed E-state index contributed by atoms with van der Waals surface area (Å²) >= 11 is 1.83. The highest BCUT2D eigenvalue weighted by atomic mass is 32.1. The minimum Gasteiger partial charge on any atom is -0.297 e. The van der Waals surface area contributed by atoms with Crippen molar-refractivity contribution in [2.75, 3.05) is 7.05 Å². The standard InChI is InChI=1S/C17H19N3S/c1-14-8-9-21-17(14)13-19(2)11-15-10-18-20(12-15)16-6-4-3-5-7-16/h3-10,12H,11,13H2,1-2H3. The first kappa shape index (κ1) is 14.0. The predicted molar refractivity (Wildman–Crippen MR) is 87.8 cm³/mol. The van der Waals surface area contributed by atoms with Gasteiger partial charge in [-0.3, -0.25) is 4.90 Å². The molecule has 0 aliphatic rings. The molecule has 0 radical (unpaired) electrons. The molecule has 0 amide bonds. The highest BCUT2D eigenvalue weighted by Crippen LogP contribution is 2.18. The van der Waals surface area contributed by atoms with Gasteiger partial charge in [-0.15, -0.1) is 11.3 Å². The van der Waals surface area contributed by atoms with Crippen molar-refractivity contribution >= 4 is 11.3 Å². The van der Waals surface area contributed by atoms with Crippen LogP contribution in [-0.4, -0.2) is 21.7 Å². The Labute approximate surface area is 129 Å². The average Bonchev–Trinajstić information content (AvgIpc) is 3.10. The first-order valence-corrected chi connectivity index (χ1v) is 7.91. The van der Waals surface area contributed by atoms with E-state index in [1.54, 1.807) is 0 Å². The monoisotopic (exact) mass is 297 g/mol. The van der Waals surface area contributed by atoms with Crippen LogP contribution in [0.5, 0.6) is 0 Å². The molecule has 0 spiro atoms. The summed E-state index contributed by atoms with van der Waals surface area (Å²) in [7, 11) is 2.15. The lowest BCUT2D eigenvalue weighted by Gasteiger charge is -2.15. The minimum absolute atomic E-state index is 0.907. The Hall–Kier alpha value is -1.91. The maximum absolute atomic E-state index is 4.45. The molecule has 0 unspecified atom stereocenters. The molecule has 0 saturated heterocycles. The van der Waals surface area contributed by atoms with Crippen molar-refractivity contribution in [1.29, 1.82) is 0 Å². The summed E-state index contributed by atoms with van der Waals surface area (Å²) in [5.74, 6) is 0. The van der Waals surface area contributed by atoms with Crippen molar-refractivity contribution in [1.82, 2.24) is 14.7 Å². The summed E-state index contributed by atoms with van der Waals surface area (Å²) in [4.78, 5) is 3.76. The van der Waals surface area contributed by atoms with E-state index in [9.17, 15) is 0 Å². The highest BCUT2D eigenvalue weighted by Gasteiger charge is 2.07. The van der Waals surface area contributed by atoms with E-state index in [1.165, 1.54) is 16.0 Å². The highest BCUT2D eigenvalue weighted by molar-refractivity contribution is 7.10. The molecule has 4 heteroatoms. The molecule has 0 bridgehead atoms. The van der Waals surface area contributed by atoms with Crippen molar-refractivity contribution in [2.45, 2.75) is 20.0 Å². The largest absolute Gasteiger partial charge is 0.297 e. The molecule has 108 valence electrons. The van der Waals surface area contributed by atoms with Gasteiger partial charge < -0.3 is 0 Å². The van der Waals surface area contributed by atoms with E-state index < -0.39 is 0 Å². The van der Waals surface area contributed by atoms with Crippen LogP contribution in [-0.2, 0) is 13.1 Å². The van der Waals surface area contributed by atoms with E-state index >= 15 is 0 Å². The zero-order chi connectivity index (χ0) is 14.7. The Morgan fingerprint density at radius 1 is 1.14 bits per heavy atom. The second-order valence-corrected chi connectivity index (χ2v) is 6.33. The zero-order valence-electron chi connectivity index (χ0n) is 12.4. The Bertz CT molecular complexity index is 700. The van der Waals surface area contributed by atoms with E-state index in [4.69, 9.17) is 0 Å². The molecule has 3 aromatic rings. The summed E-state index contributed by atoms with van der Waals surface area (Å²) < 4.78 is 1.93. The summed E-state index contributed by atoms with van der Waals surface area (Å²) in [6.07, 6.45) is 4.05. The first-order valence-electron chi connectivity index (χ1n) is 7.03. The molecule has 0 atom stereocenters. The fourth-order valence-electron chi connectivity index (χ4n) is 2.34. The molecule has 0 aliphatic heterocycles. The van der Waals surface area contributed by atoms with Crippen LogP contribution in [0.1, 0.15) is 16.0 Å². The van der Waals surface area contributed by atoms with Crippen LogP contribution in [0.15, 0.2) is 54.2 Å². The maximum Gasteiger partial charge on any atom is 0.0645 e. The third kappa shape index (κ3) is 3.40. The fourth-order valence-corrected chi connectivity index (χ4v) is 3.33. The number of hydrogen-bond acceptors (Lipinski definition) is 3. The van der Waals surface area contributed by atoms with Gasteiger partial charge in [-0.05, 0) is 43.1 Å². The quantitative estimate of drug-likeness (QED) is 0.713. The third-order valence-corrected chi connectivity index (χ3v) is 4.50. The molecule has 3 nitrogen and oxygen atoms in total. The Kier molecular flexibility index (Phi) is 4.18. The van der Waals surface area contributed by atoms with Crippen molar-refractivity contribution in [2.24, 2.45) is 0 Å². The molecule has 21 heavy (non-hydrogen) atoms. The van der Waals surface area contributed by atoms with Gasteiger partial charge in [-0.1, -0.05) is 18.2 Å². The second-order valence-electron chi connectivity index (χ2n) is 5.33. The molecule has 2 aromatic heterocycles. The lowest BCUT2D eigenvalue weighted by atomic mass is 10.2. The molecule has 0 saturated carbocycles. The van der Waals surface area contributed by atoms with E-state index in [0.717, 1.165) is 18.8 Å².